The van der Waals surface area contributed by atoms with Crippen LogP contribution in [0.15, 0.2) is 0 Å². The molecule has 7 heteroatoms. The Kier molecular flexibility index (Phi) is 7.23. The van der Waals surface area contributed by atoms with Gasteiger partial charge in [0.2, 0.25) is 0 Å². The third kappa shape index (κ3) is 4.25. The van der Waals surface area contributed by atoms with E-state index in [0.29, 0.717) is 47.8 Å². The standard InChI is InChI=1S/C35H57NO6/c1-7-39-29(32(4,5)38)24-10-8-22-25(41-24)18-23-21-9-11-27-31(2,3)28(42-30(37)26-19-36-16-17-40-26)12-13-35(27)20-34(21,35)15-14-33(22,23)6/h21-29,36,38H,7-20H2,1-6H3. The summed E-state index contributed by atoms with van der Waals surface area (Å²) in [4.78, 5) is 13.1. The minimum Gasteiger partial charge on any atom is -0.460 e. The molecule has 5 saturated carbocycles. The molecular formula is C35H57NO6. The highest BCUT2D eigenvalue weighted by Crippen LogP contribution is 2.87. The first-order valence-corrected chi connectivity index (χ1v) is 17.4. The molecule has 12 unspecified atom stereocenters. The Morgan fingerprint density at radius 2 is 1.81 bits per heavy atom. The Bertz CT molecular complexity index is 1050. The van der Waals surface area contributed by atoms with Crippen molar-refractivity contribution in [2.75, 3.05) is 26.3 Å². The molecule has 42 heavy (non-hydrogen) atoms. The normalized spacial score (nSPS) is 49.9. The fourth-order valence-corrected chi connectivity index (χ4v) is 12.6. The van der Waals surface area contributed by atoms with Crippen molar-refractivity contribution in [3.63, 3.8) is 0 Å². The van der Waals surface area contributed by atoms with Gasteiger partial charge in [0.1, 0.15) is 12.2 Å². The third-order valence-electron chi connectivity index (χ3n) is 14.4. The van der Waals surface area contributed by atoms with E-state index < -0.39 is 11.7 Å². The van der Waals surface area contributed by atoms with Gasteiger partial charge >= 0.3 is 5.97 Å². The van der Waals surface area contributed by atoms with Gasteiger partial charge in [0.25, 0.3) is 0 Å². The number of esters is 1. The smallest absolute Gasteiger partial charge is 0.336 e. The first-order chi connectivity index (χ1) is 19.9. The van der Waals surface area contributed by atoms with Gasteiger partial charge in [-0.1, -0.05) is 20.8 Å². The van der Waals surface area contributed by atoms with Crippen molar-refractivity contribution < 1.29 is 28.8 Å². The van der Waals surface area contributed by atoms with Gasteiger partial charge in [-0.25, -0.2) is 4.79 Å². The van der Waals surface area contributed by atoms with Crippen LogP contribution in [0.1, 0.15) is 106 Å². The number of hydrogen-bond acceptors (Lipinski definition) is 7. The second-order valence-corrected chi connectivity index (χ2v) is 16.8. The highest BCUT2D eigenvalue weighted by Gasteiger charge is 2.81. The second-order valence-electron chi connectivity index (χ2n) is 16.8. The van der Waals surface area contributed by atoms with Gasteiger partial charge in [-0.15, -0.1) is 0 Å². The lowest BCUT2D eigenvalue weighted by Crippen LogP contribution is -2.56. The van der Waals surface area contributed by atoms with E-state index in [-0.39, 0.29) is 35.8 Å². The van der Waals surface area contributed by atoms with Crippen molar-refractivity contribution in [2.24, 2.45) is 45.3 Å². The van der Waals surface area contributed by atoms with E-state index in [1.165, 1.54) is 51.4 Å². The van der Waals surface area contributed by atoms with E-state index in [0.717, 1.165) is 31.2 Å². The predicted molar refractivity (Wildman–Crippen MR) is 160 cm³/mol. The fraction of sp³-hybridized carbons (Fsp3) is 0.971. The maximum Gasteiger partial charge on any atom is 0.336 e. The highest BCUT2D eigenvalue weighted by molar-refractivity contribution is 5.75. The molecule has 7 nitrogen and oxygen atoms in total. The van der Waals surface area contributed by atoms with E-state index >= 15 is 0 Å². The summed E-state index contributed by atoms with van der Waals surface area (Å²) < 4.78 is 25.0. The van der Waals surface area contributed by atoms with Gasteiger partial charge in [-0.2, -0.15) is 0 Å². The molecule has 7 rings (SSSR count). The van der Waals surface area contributed by atoms with E-state index in [2.05, 4.69) is 26.1 Å². The highest BCUT2D eigenvalue weighted by atomic mass is 16.6. The molecule has 0 bridgehead atoms. The van der Waals surface area contributed by atoms with Crippen molar-refractivity contribution in [3.05, 3.63) is 0 Å². The van der Waals surface area contributed by atoms with Crippen LogP contribution in [0.25, 0.3) is 0 Å². The molecule has 2 heterocycles. The zero-order valence-electron chi connectivity index (χ0n) is 27.1. The number of morpholine rings is 1. The fourth-order valence-electron chi connectivity index (χ4n) is 12.6. The Balaban J connectivity index is 1.07. The Hall–Kier alpha value is -0.730. The Labute approximate surface area is 253 Å². The molecule has 0 amide bonds. The molecule has 2 N–H and O–H groups in total. The monoisotopic (exact) mass is 587 g/mol. The topological polar surface area (TPSA) is 86.3 Å². The van der Waals surface area contributed by atoms with Crippen molar-refractivity contribution in [3.8, 4) is 0 Å². The minimum atomic E-state index is -0.911. The molecular weight excluding hydrogens is 530 g/mol. The van der Waals surface area contributed by atoms with E-state index in [9.17, 15) is 9.90 Å². The maximum absolute atomic E-state index is 13.1. The molecule has 0 aromatic heterocycles. The van der Waals surface area contributed by atoms with Crippen LogP contribution in [0, 0.1) is 45.3 Å². The third-order valence-corrected chi connectivity index (χ3v) is 14.4. The van der Waals surface area contributed by atoms with Crippen LogP contribution in [-0.4, -0.2) is 73.5 Å². The van der Waals surface area contributed by atoms with Crippen LogP contribution in [0.4, 0.5) is 0 Å². The summed E-state index contributed by atoms with van der Waals surface area (Å²) in [6.07, 6.45) is 11.7. The lowest BCUT2D eigenvalue weighted by molar-refractivity contribution is -0.194. The summed E-state index contributed by atoms with van der Waals surface area (Å²) in [5, 5.41) is 14.2. The molecule has 0 radical (unpaired) electrons. The number of carbonyl (C=O) groups is 1. The van der Waals surface area contributed by atoms with Gasteiger partial charge < -0.3 is 29.4 Å². The lowest BCUT2D eigenvalue weighted by atomic mass is 9.46. The lowest BCUT2D eigenvalue weighted by Gasteiger charge is -2.59. The number of fused-ring (bicyclic) bond motifs is 4. The molecule has 12 atom stereocenters. The number of nitrogens with one attached hydrogen (secondary N) is 1. The van der Waals surface area contributed by atoms with Crippen LogP contribution in [-0.2, 0) is 23.7 Å². The van der Waals surface area contributed by atoms with Crippen molar-refractivity contribution in [1.82, 2.24) is 5.32 Å². The number of hydrogen-bond donors (Lipinski definition) is 2. The average Bonchev–Trinajstić information content (AvgIpc) is 3.53. The summed E-state index contributed by atoms with van der Waals surface area (Å²) in [5.41, 5.74) is 0.318. The number of aliphatic hydroxyl groups is 1. The molecule has 238 valence electrons. The van der Waals surface area contributed by atoms with E-state index in [1.54, 1.807) is 0 Å². The quantitative estimate of drug-likeness (QED) is 0.410. The van der Waals surface area contributed by atoms with Crippen LogP contribution in [0.3, 0.4) is 0 Å². The summed E-state index contributed by atoms with van der Waals surface area (Å²) in [6.45, 7) is 15.7. The summed E-state index contributed by atoms with van der Waals surface area (Å²) in [6, 6.07) is 0. The molecule has 0 aromatic carbocycles. The molecule has 7 aliphatic rings. The molecule has 2 spiro atoms. The molecule has 7 fully saturated rings. The largest absolute Gasteiger partial charge is 0.460 e. The zero-order chi connectivity index (χ0) is 29.7. The van der Waals surface area contributed by atoms with Crippen LogP contribution >= 0.6 is 0 Å². The van der Waals surface area contributed by atoms with Gasteiger partial charge in [0, 0.05) is 25.1 Å². The van der Waals surface area contributed by atoms with Gasteiger partial charge in [0.15, 0.2) is 6.10 Å². The molecule has 5 aliphatic carbocycles. The van der Waals surface area contributed by atoms with Crippen LogP contribution in [0.5, 0.6) is 0 Å². The van der Waals surface area contributed by atoms with E-state index in [4.69, 9.17) is 18.9 Å². The SMILES string of the molecule is CCOC(C1CCC2C(CC3C4CCC5C(C)(C)C(OC(=O)C6CNCCO6)CCC56CC46CCC23C)O1)C(C)(C)O. The second kappa shape index (κ2) is 10.1. The number of carbonyl (C=O) groups excluding carboxylic acids is 1. The minimum absolute atomic E-state index is 0.0173. The average molecular weight is 588 g/mol. The zero-order valence-corrected chi connectivity index (χ0v) is 27.1. The van der Waals surface area contributed by atoms with Crippen molar-refractivity contribution >= 4 is 5.97 Å². The summed E-state index contributed by atoms with van der Waals surface area (Å²) in [7, 11) is 0. The van der Waals surface area contributed by atoms with Crippen molar-refractivity contribution in [1.29, 1.82) is 0 Å². The maximum atomic E-state index is 13.1. The van der Waals surface area contributed by atoms with E-state index in [1.807, 2.05) is 20.8 Å². The Morgan fingerprint density at radius 1 is 1.02 bits per heavy atom. The van der Waals surface area contributed by atoms with Crippen LogP contribution in [0.2, 0.25) is 0 Å². The molecule has 2 aliphatic heterocycles. The van der Waals surface area contributed by atoms with Gasteiger partial charge in [0.05, 0.1) is 24.4 Å². The summed E-state index contributed by atoms with van der Waals surface area (Å²) >= 11 is 0. The van der Waals surface area contributed by atoms with Crippen LogP contribution < -0.4 is 5.32 Å². The first-order valence-electron chi connectivity index (χ1n) is 17.4. The summed E-state index contributed by atoms with van der Waals surface area (Å²) in [5.74, 6) is 2.57. The first kappa shape index (κ1) is 30.0. The predicted octanol–water partition coefficient (Wildman–Crippen LogP) is 5.27. The van der Waals surface area contributed by atoms with Gasteiger partial charge in [-0.05, 0) is 125 Å². The number of ether oxygens (including phenoxy) is 4. The number of rotatable bonds is 6. The van der Waals surface area contributed by atoms with Crippen molar-refractivity contribution in [2.45, 2.75) is 142 Å². The molecule has 0 aromatic rings. The molecule has 2 saturated heterocycles. The van der Waals surface area contributed by atoms with Gasteiger partial charge in [-0.3, -0.25) is 0 Å². The Morgan fingerprint density at radius 3 is 2.52 bits per heavy atom.